The van der Waals surface area contributed by atoms with E-state index < -0.39 is 10.0 Å². The van der Waals surface area contributed by atoms with Crippen molar-refractivity contribution in [2.45, 2.75) is 32.9 Å². The maximum Gasteiger partial charge on any atom is 0.214 e. The molecular weight excluding hydrogens is 228 g/mol. The highest BCUT2D eigenvalue weighted by Crippen LogP contribution is 2.17. The van der Waals surface area contributed by atoms with E-state index in [2.05, 4.69) is 0 Å². The van der Waals surface area contributed by atoms with Crippen molar-refractivity contribution in [2.24, 2.45) is 11.7 Å². The van der Waals surface area contributed by atoms with Crippen LogP contribution in [0.25, 0.3) is 0 Å². The van der Waals surface area contributed by atoms with Crippen LogP contribution in [0.1, 0.15) is 20.8 Å². The summed E-state index contributed by atoms with van der Waals surface area (Å²) in [7, 11) is -3.18. The van der Waals surface area contributed by atoms with Gasteiger partial charge in [0.25, 0.3) is 0 Å². The number of hydrogen-bond acceptors (Lipinski definition) is 4. The molecule has 0 aliphatic carbocycles. The third-order valence-electron chi connectivity index (χ3n) is 2.61. The van der Waals surface area contributed by atoms with Gasteiger partial charge in [0.05, 0.1) is 18.5 Å². The zero-order valence-electron chi connectivity index (χ0n) is 10.2. The highest BCUT2D eigenvalue weighted by atomic mass is 32.2. The predicted molar refractivity (Wildman–Crippen MR) is 63.6 cm³/mol. The van der Waals surface area contributed by atoms with E-state index in [-0.39, 0.29) is 23.8 Å². The number of nitrogens with zero attached hydrogens (tertiary/aromatic N) is 1. The van der Waals surface area contributed by atoms with Crippen molar-refractivity contribution in [3.8, 4) is 0 Å². The first kappa shape index (κ1) is 13.9. The Kier molecular flexibility index (Phi) is 4.73. The maximum absolute atomic E-state index is 12.1. The van der Waals surface area contributed by atoms with Crippen molar-refractivity contribution in [1.82, 2.24) is 4.31 Å². The Labute approximate surface area is 98.0 Å². The van der Waals surface area contributed by atoms with Crippen molar-refractivity contribution in [2.75, 3.05) is 25.4 Å². The van der Waals surface area contributed by atoms with Gasteiger partial charge >= 0.3 is 0 Å². The topological polar surface area (TPSA) is 72.6 Å². The molecule has 0 spiro atoms. The third kappa shape index (κ3) is 3.41. The first-order chi connectivity index (χ1) is 7.36. The highest BCUT2D eigenvalue weighted by Gasteiger charge is 2.34. The van der Waals surface area contributed by atoms with Crippen molar-refractivity contribution in [3.05, 3.63) is 0 Å². The van der Waals surface area contributed by atoms with E-state index in [1.54, 1.807) is 0 Å². The first-order valence-corrected chi connectivity index (χ1v) is 7.29. The summed E-state index contributed by atoms with van der Waals surface area (Å²) in [5, 5.41) is 0. The zero-order chi connectivity index (χ0) is 12.3. The van der Waals surface area contributed by atoms with E-state index in [1.165, 1.54) is 4.31 Å². The molecular formula is C10H22N2O3S. The van der Waals surface area contributed by atoms with E-state index in [0.29, 0.717) is 19.7 Å². The van der Waals surface area contributed by atoms with Gasteiger partial charge < -0.3 is 10.5 Å². The normalized spacial score (nSPS) is 28.6. The summed E-state index contributed by atoms with van der Waals surface area (Å²) in [5.74, 6) is 0.325. The van der Waals surface area contributed by atoms with E-state index in [9.17, 15) is 8.42 Å². The molecule has 1 fully saturated rings. The van der Waals surface area contributed by atoms with Crippen LogP contribution in [0.5, 0.6) is 0 Å². The van der Waals surface area contributed by atoms with Crippen LogP contribution >= 0.6 is 0 Å². The largest absolute Gasteiger partial charge is 0.374 e. The molecule has 1 heterocycles. The number of hydrogen-bond donors (Lipinski definition) is 1. The average molecular weight is 250 g/mol. The summed E-state index contributed by atoms with van der Waals surface area (Å²) in [4.78, 5) is 0. The summed E-state index contributed by atoms with van der Waals surface area (Å²) >= 11 is 0. The van der Waals surface area contributed by atoms with Gasteiger partial charge in [-0.15, -0.1) is 0 Å². The van der Waals surface area contributed by atoms with Crippen molar-refractivity contribution in [1.29, 1.82) is 0 Å². The molecule has 96 valence electrons. The van der Waals surface area contributed by atoms with Crippen LogP contribution in [0.15, 0.2) is 0 Å². The predicted octanol–water partition coefficient (Wildman–Crippen LogP) is 0.0202. The van der Waals surface area contributed by atoms with E-state index >= 15 is 0 Å². The Morgan fingerprint density at radius 3 is 2.62 bits per heavy atom. The number of rotatable bonds is 4. The highest BCUT2D eigenvalue weighted by molar-refractivity contribution is 7.89. The van der Waals surface area contributed by atoms with Gasteiger partial charge in [0.1, 0.15) is 0 Å². The molecule has 1 saturated heterocycles. The fourth-order valence-electron chi connectivity index (χ4n) is 1.84. The molecule has 2 unspecified atom stereocenters. The van der Waals surface area contributed by atoms with E-state index in [0.717, 1.165) is 0 Å². The average Bonchev–Trinajstić information content (AvgIpc) is 2.16. The Hall–Kier alpha value is -0.170. The molecule has 6 heteroatoms. The monoisotopic (exact) mass is 250 g/mol. The second-order valence-corrected chi connectivity index (χ2v) is 6.75. The fourth-order valence-corrected chi connectivity index (χ4v) is 3.88. The second kappa shape index (κ2) is 5.44. The molecule has 0 bridgehead atoms. The molecule has 16 heavy (non-hydrogen) atoms. The number of morpholine rings is 1. The van der Waals surface area contributed by atoms with Crippen molar-refractivity contribution >= 4 is 10.0 Å². The Morgan fingerprint density at radius 2 is 2.12 bits per heavy atom. The Bertz CT molecular complexity index is 316. The number of nitrogens with two attached hydrogens (primary N) is 1. The third-order valence-corrected chi connectivity index (χ3v) is 4.92. The quantitative estimate of drug-likeness (QED) is 0.763. The smallest absolute Gasteiger partial charge is 0.214 e. The summed E-state index contributed by atoms with van der Waals surface area (Å²) in [6, 6.07) is -0.0912. The summed E-state index contributed by atoms with van der Waals surface area (Å²) in [6.45, 7) is 6.85. The van der Waals surface area contributed by atoms with Crippen LogP contribution in [0.3, 0.4) is 0 Å². The minimum atomic E-state index is -3.18. The molecule has 0 radical (unpaired) electrons. The molecule has 0 aromatic heterocycles. The Morgan fingerprint density at radius 1 is 1.50 bits per heavy atom. The molecule has 0 saturated carbocycles. The molecule has 1 aliphatic heterocycles. The minimum absolute atomic E-state index is 0.0912. The van der Waals surface area contributed by atoms with Crippen molar-refractivity contribution in [3.63, 3.8) is 0 Å². The van der Waals surface area contributed by atoms with Gasteiger partial charge in [-0.1, -0.05) is 13.8 Å². The van der Waals surface area contributed by atoms with Gasteiger partial charge in [0.15, 0.2) is 0 Å². The summed E-state index contributed by atoms with van der Waals surface area (Å²) < 4.78 is 31.2. The number of ether oxygens (including phenoxy) is 1. The molecule has 2 atom stereocenters. The van der Waals surface area contributed by atoms with Gasteiger partial charge in [-0.05, 0) is 12.8 Å². The zero-order valence-corrected chi connectivity index (χ0v) is 11.0. The van der Waals surface area contributed by atoms with Crippen LogP contribution in [0, 0.1) is 5.92 Å². The van der Waals surface area contributed by atoms with E-state index in [4.69, 9.17) is 10.5 Å². The standard InChI is InChI=1S/C10H22N2O3S/c1-8(2)7-16(13,14)12-5-10(4-11)15-6-9(12)3/h8-10H,4-7,11H2,1-3H3. The lowest BCUT2D eigenvalue weighted by molar-refractivity contribution is -0.0220. The molecule has 1 rings (SSSR count). The molecule has 0 aromatic rings. The van der Waals surface area contributed by atoms with Crippen LogP contribution < -0.4 is 5.73 Å². The molecule has 0 amide bonds. The lowest BCUT2D eigenvalue weighted by atomic mass is 10.2. The van der Waals surface area contributed by atoms with Gasteiger partial charge in [-0.3, -0.25) is 0 Å². The van der Waals surface area contributed by atoms with Gasteiger partial charge in [-0.25, -0.2) is 8.42 Å². The minimum Gasteiger partial charge on any atom is -0.374 e. The van der Waals surface area contributed by atoms with Crippen LogP contribution in [-0.2, 0) is 14.8 Å². The van der Waals surface area contributed by atoms with Crippen LogP contribution in [0.4, 0.5) is 0 Å². The van der Waals surface area contributed by atoms with Crippen LogP contribution in [-0.4, -0.2) is 50.3 Å². The second-order valence-electron chi connectivity index (χ2n) is 4.78. The van der Waals surface area contributed by atoms with Crippen LogP contribution in [0.2, 0.25) is 0 Å². The molecule has 5 nitrogen and oxygen atoms in total. The molecule has 2 N–H and O–H groups in total. The van der Waals surface area contributed by atoms with Gasteiger partial charge in [-0.2, -0.15) is 4.31 Å². The SMILES string of the molecule is CC(C)CS(=O)(=O)N1CC(CN)OCC1C. The molecule has 1 aliphatic rings. The fraction of sp³-hybridized carbons (Fsp3) is 1.00. The first-order valence-electron chi connectivity index (χ1n) is 5.68. The lowest BCUT2D eigenvalue weighted by Crippen LogP contribution is -2.53. The lowest BCUT2D eigenvalue weighted by Gasteiger charge is -2.36. The maximum atomic E-state index is 12.1. The Balaban J connectivity index is 2.76. The summed E-state index contributed by atoms with van der Waals surface area (Å²) in [6.07, 6.45) is -0.168. The van der Waals surface area contributed by atoms with Gasteiger partial charge in [0, 0.05) is 19.1 Å². The number of sulfonamides is 1. The van der Waals surface area contributed by atoms with E-state index in [1.807, 2.05) is 20.8 Å². The van der Waals surface area contributed by atoms with Gasteiger partial charge in [0.2, 0.25) is 10.0 Å². The molecule has 0 aromatic carbocycles. The summed E-state index contributed by atoms with van der Waals surface area (Å²) in [5.41, 5.74) is 5.51. The van der Waals surface area contributed by atoms with Crippen molar-refractivity contribution < 1.29 is 13.2 Å².